The Morgan fingerprint density at radius 2 is 1.22 bits per heavy atom. The largest absolute Gasteiger partial charge is 0.478 e. The predicted octanol–water partition coefficient (Wildman–Crippen LogP) is 6.51. The van der Waals surface area contributed by atoms with Crippen LogP contribution in [-0.2, 0) is 4.79 Å². The summed E-state index contributed by atoms with van der Waals surface area (Å²) in [6, 6.07) is 40.0. The molecule has 1 heterocycles. The zero-order chi connectivity index (χ0) is 21.8. The van der Waals surface area contributed by atoms with E-state index in [9.17, 15) is 4.79 Å². The summed E-state index contributed by atoms with van der Waals surface area (Å²) < 4.78 is 6.20. The lowest BCUT2D eigenvalue weighted by atomic mass is 9.89. The second-order valence-electron chi connectivity index (χ2n) is 7.65. The van der Waals surface area contributed by atoms with Gasteiger partial charge in [-0.1, -0.05) is 109 Å². The van der Waals surface area contributed by atoms with Gasteiger partial charge < -0.3 is 9.64 Å². The van der Waals surface area contributed by atoms with E-state index in [1.807, 2.05) is 89.8 Å². The van der Waals surface area contributed by atoms with Crippen molar-refractivity contribution in [2.75, 3.05) is 0 Å². The van der Waals surface area contributed by atoms with Crippen LogP contribution in [0.15, 0.2) is 126 Å². The van der Waals surface area contributed by atoms with Gasteiger partial charge >= 0.3 is 0 Å². The van der Waals surface area contributed by atoms with Crippen LogP contribution in [0.25, 0.3) is 0 Å². The maximum Gasteiger partial charge on any atom is 0.268 e. The number of hydrogen-bond donors (Lipinski definition) is 0. The zero-order valence-electron chi connectivity index (χ0n) is 17.5. The smallest absolute Gasteiger partial charge is 0.268 e. The molecule has 1 aliphatic rings. The first-order chi connectivity index (χ1) is 15.8. The number of likely N-dealkylation sites (tertiary alicyclic amines) is 1. The fourth-order valence-corrected chi connectivity index (χ4v) is 5.24. The molecule has 0 radical (unpaired) electrons. The lowest BCUT2D eigenvalue weighted by Gasteiger charge is -2.50. The van der Waals surface area contributed by atoms with Crippen molar-refractivity contribution in [2.45, 2.75) is 22.4 Å². The first-order valence-electron chi connectivity index (χ1n) is 10.7. The number of rotatable bonds is 7. The summed E-state index contributed by atoms with van der Waals surface area (Å²) in [5, 5.41) is -0.160. The Labute approximate surface area is 192 Å². The molecule has 3 atom stereocenters. The molecular formula is C28H23NO2S. The molecule has 32 heavy (non-hydrogen) atoms. The molecule has 5 rings (SSSR count). The second kappa shape index (κ2) is 9.33. The third kappa shape index (κ3) is 4.14. The fraction of sp³-hybridized carbons (Fsp3) is 0.107. The number of thioether (sulfide) groups is 1. The first-order valence-corrected chi connectivity index (χ1v) is 11.5. The summed E-state index contributed by atoms with van der Waals surface area (Å²) >= 11 is 1.69. The minimum atomic E-state index is -0.553. The van der Waals surface area contributed by atoms with Crippen molar-refractivity contribution in [3.05, 3.63) is 132 Å². The van der Waals surface area contributed by atoms with Crippen molar-refractivity contribution in [3.63, 3.8) is 0 Å². The Morgan fingerprint density at radius 1 is 0.688 bits per heavy atom. The van der Waals surface area contributed by atoms with Gasteiger partial charge in [-0.15, -0.1) is 0 Å². The highest BCUT2D eigenvalue weighted by atomic mass is 32.2. The number of amides is 1. The lowest BCUT2D eigenvalue weighted by molar-refractivity contribution is -0.165. The number of carbonyl (C=O) groups is 1. The van der Waals surface area contributed by atoms with E-state index in [1.165, 1.54) is 0 Å². The van der Waals surface area contributed by atoms with Gasteiger partial charge in [0.1, 0.15) is 17.2 Å². The second-order valence-corrected chi connectivity index (χ2v) is 8.80. The molecule has 4 heteroatoms. The van der Waals surface area contributed by atoms with Gasteiger partial charge in [0.2, 0.25) is 6.10 Å². The Balaban J connectivity index is 1.52. The third-order valence-corrected chi connectivity index (χ3v) is 6.83. The summed E-state index contributed by atoms with van der Waals surface area (Å²) in [7, 11) is 0. The van der Waals surface area contributed by atoms with Crippen molar-refractivity contribution in [1.29, 1.82) is 0 Å². The van der Waals surface area contributed by atoms with Crippen molar-refractivity contribution >= 4 is 17.7 Å². The van der Waals surface area contributed by atoms with Crippen LogP contribution < -0.4 is 4.74 Å². The van der Waals surface area contributed by atoms with E-state index >= 15 is 0 Å². The number of benzene rings is 4. The molecule has 0 aromatic heterocycles. The number of para-hydroxylation sites is 1. The fourth-order valence-electron chi connectivity index (χ4n) is 4.02. The van der Waals surface area contributed by atoms with Crippen LogP contribution in [0, 0.1) is 0 Å². The van der Waals surface area contributed by atoms with Crippen LogP contribution in [0.1, 0.15) is 22.5 Å². The van der Waals surface area contributed by atoms with E-state index in [1.54, 1.807) is 11.8 Å². The summed E-state index contributed by atoms with van der Waals surface area (Å²) in [6.45, 7) is 0. The number of carbonyl (C=O) groups excluding carboxylic acids is 1. The topological polar surface area (TPSA) is 29.5 Å². The van der Waals surface area contributed by atoms with Gasteiger partial charge in [0.05, 0.1) is 0 Å². The molecule has 1 fully saturated rings. The molecule has 1 amide bonds. The maximum atomic E-state index is 13.5. The van der Waals surface area contributed by atoms with E-state index < -0.39 is 6.10 Å². The molecule has 0 aliphatic carbocycles. The Hall–Kier alpha value is -3.50. The number of nitrogens with zero attached hydrogens (tertiary/aromatic N) is 1. The van der Waals surface area contributed by atoms with Crippen LogP contribution in [0.4, 0.5) is 0 Å². The summed E-state index contributed by atoms with van der Waals surface area (Å²) in [5.41, 5.74) is 2.16. The molecule has 4 aromatic carbocycles. The van der Waals surface area contributed by atoms with Crippen LogP contribution in [0.3, 0.4) is 0 Å². The first kappa shape index (κ1) is 20.4. The molecule has 0 unspecified atom stereocenters. The van der Waals surface area contributed by atoms with Crippen LogP contribution in [0.5, 0.6) is 5.75 Å². The Bertz CT molecular complexity index is 1150. The molecule has 0 bridgehead atoms. The quantitative estimate of drug-likeness (QED) is 0.244. The monoisotopic (exact) mass is 437 g/mol. The SMILES string of the molecule is O=C1[C@@H](Oc2ccccc2)[C@@H](c2ccccc2)N1[C@@H](Sc1ccccc1)c1ccccc1. The molecule has 1 saturated heterocycles. The van der Waals surface area contributed by atoms with Crippen molar-refractivity contribution in [2.24, 2.45) is 0 Å². The zero-order valence-corrected chi connectivity index (χ0v) is 18.3. The molecule has 1 aliphatic heterocycles. The molecule has 4 aromatic rings. The van der Waals surface area contributed by atoms with Crippen molar-refractivity contribution in [3.8, 4) is 5.75 Å². The molecule has 0 spiro atoms. The molecule has 0 saturated carbocycles. The minimum Gasteiger partial charge on any atom is -0.478 e. The normalized spacial score (nSPS) is 18.6. The summed E-state index contributed by atoms with van der Waals surface area (Å²) in [5.74, 6) is 0.707. The van der Waals surface area contributed by atoms with Gasteiger partial charge in [-0.2, -0.15) is 0 Å². The highest BCUT2D eigenvalue weighted by molar-refractivity contribution is 7.99. The van der Waals surface area contributed by atoms with Gasteiger partial charge in [-0.25, -0.2) is 0 Å². The number of hydrogen-bond acceptors (Lipinski definition) is 3. The Morgan fingerprint density at radius 3 is 1.84 bits per heavy atom. The highest BCUT2D eigenvalue weighted by Crippen LogP contribution is 2.49. The average Bonchev–Trinajstić information content (AvgIpc) is 2.87. The van der Waals surface area contributed by atoms with Crippen LogP contribution >= 0.6 is 11.8 Å². The molecular weight excluding hydrogens is 414 g/mol. The third-order valence-electron chi connectivity index (χ3n) is 5.56. The molecule has 158 valence electrons. The van der Waals surface area contributed by atoms with E-state index in [-0.39, 0.29) is 17.3 Å². The average molecular weight is 438 g/mol. The van der Waals surface area contributed by atoms with E-state index in [2.05, 4.69) is 36.4 Å². The molecule has 3 nitrogen and oxygen atoms in total. The van der Waals surface area contributed by atoms with E-state index in [0.717, 1.165) is 16.0 Å². The van der Waals surface area contributed by atoms with Crippen molar-refractivity contribution < 1.29 is 9.53 Å². The van der Waals surface area contributed by atoms with Crippen molar-refractivity contribution in [1.82, 2.24) is 4.90 Å². The maximum absolute atomic E-state index is 13.5. The van der Waals surface area contributed by atoms with E-state index in [0.29, 0.717) is 5.75 Å². The number of β-lactam (4-membered cyclic amide) rings is 1. The number of ether oxygens (including phenoxy) is 1. The van der Waals surface area contributed by atoms with Crippen LogP contribution in [0.2, 0.25) is 0 Å². The van der Waals surface area contributed by atoms with E-state index in [4.69, 9.17) is 4.74 Å². The lowest BCUT2D eigenvalue weighted by Crippen LogP contribution is -2.61. The van der Waals surface area contributed by atoms with Gasteiger partial charge in [-0.05, 0) is 35.4 Å². The van der Waals surface area contributed by atoms with Gasteiger partial charge in [-0.3, -0.25) is 4.79 Å². The summed E-state index contributed by atoms with van der Waals surface area (Å²) in [4.78, 5) is 16.6. The standard InChI is InChI=1S/C28H23NO2S/c30-27-26(31-23-17-9-3-10-18-23)25(21-13-5-1-6-14-21)29(27)28(22-15-7-2-8-16-22)32-24-19-11-4-12-20-24/h1-20,25-26,28H/t25-,26+,28+/m1/s1. The predicted molar refractivity (Wildman–Crippen MR) is 128 cm³/mol. The van der Waals surface area contributed by atoms with Gasteiger partial charge in [0.25, 0.3) is 5.91 Å². The molecule has 0 N–H and O–H groups in total. The Kier molecular flexibility index (Phi) is 5.95. The van der Waals surface area contributed by atoms with Gasteiger partial charge in [0, 0.05) is 4.90 Å². The van der Waals surface area contributed by atoms with Crippen LogP contribution in [-0.4, -0.2) is 16.9 Å². The highest BCUT2D eigenvalue weighted by Gasteiger charge is 2.53. The van der Waals surface area contributed by atoms with Gasteiger partial charge in [0.15, 0.2) is 0 Å². The summed E-state index contributed by atoms with van der Waals surface area (Å²) in [6.07, 6.45) is -0.553. The minimum absolute atomic E-state index is 0.00000898.